The molecule has 1 aliphatic heterocycles. The summed E-state index contributed by atoms with van der Waals surface area (Å²) in [5.41, 5.74) is -2.19. The Morgan fingerprint density at radius 3 is 2.48 bits per heavy atom. The van der Waals surface area contributed by atoms with Gasteiger partial charge in [-0.25, -0.2) is 22.8 Å². The summed E-state index contributed by atoms with van der Waals surface area (Å²) in [4.78, 5) is 19.8. The van der Waals surface area contributed by atoms with Gasteiger partial charge in [0.25, 0.3) is 15.9 Å². The molecule has 2 fully saturated rings. The van der Waals surface area contributed by atoms with Crippen LogP contribution in [0.4, 0.5) is 19.0 Å². The Morgan fingerprint density at radius 2 is 1.86 bits per heavy atom. The smallest absolute Gasteiger partial charge is 0.394 e. The number of amides is 1. The molecule has 3 heterocycles. The highest BCUT2D eigenvalue weighted by molar-refractivity contribution is 7.90. The van der Waals surface area contributed by atoms with Crippen molar-refractivity contribution >= 4 is 21.7 Å². The number of aliphatic hydroxyl groups excluding tert-OH is 1. The molecule has 226 valence electrons. The Hall–Kier alpha value is -3.65. The fourth-order valence-corrected chi connectivity index (χ4v) is 6.34. The number of nitrogens with one attached hydrogen (secondary N) is 1. The zero-order chi connectivity index (χ0) is 30.3. The van der Waals surface area contributed by atoms with Gasteiger partial charge in [0.05, 0.1) is 22.5 Å². The van der Waals surface area contributed by atoms with Gasteiger partial charge in [-0.2, -0.15) is 13.2 Å². The lowest BCUT2D eigenvalue weighted by molar-refractivity contribution is -0.190. The third kappa shape index (κ3) is 5.95. The van der Waals surface area contributed by atoms with E-state index in [0.29, 0.717) is 13.0 Å². The maximum Gasteiger partial charge on any atom is 0.394 e. The molecule has 0 spiro atoms. The highest BCUT2D eigenvalue weighted by Crippen LogP contribution is 2.59. The van der Waals surface area contributed by atoms with Crippen LogP contribution in [-0.2, 0) is 10.0 Å². The predicted octanol–water partition coefficient (Wildman–Crippen LogP) is 4.09. The zero-order valence-electron chi connectivity index (χ0n) is 23.1. The van der Waals surface area contributed by atoms with E-state index in [0.717, 1.165) is 0 Å². The normalized spacial score (nSPS) is 19.5. The molecule has 10 nitrogen and oxygen atoms in total. The third-order valence-corrected chi connectivity index (χ3v) is 9.29. The van der Waals surface area contributed by atoms with Gasteiger partial charge in [0.15, 0.2) is 5.82 Å². The average Bonchev–Trinajstić information content (AvgIpc) is 3.48. The largest absolute Gasteiger partial charge is 0.477 e. The van der Waals surface area contributed by atoms with Crippen molar-refractivity contribution < 1.29 is 36.2 Å². The topological polar surface area (TPSA) is 127 Å². The molecule has 2 N–H and O–H groups in total. The molecule has 3 aromatic rings. The van der Waals surface area contributed by atoms with Crippen LogP contribution >= 0.6 is 0 Å². The molecule has 2 aromatic heterocycles. The number of halogens is 3. The maximum atomic E-state index is 13.4. The number of pyridine rings is 1. The van der Waals surface area contributed by atoms with Crippen LogP contribution in [0.15, 0.2) is 59.6 Å². The predicted molar refractivity (Wildman–Crippen MR) is 147 cm³/mol. The molecule has 1 amide bonds. The molecule has 1 aromatic carbocycles. The number of carbonyl (C=O) groups is 1. The number of rotatable bonds is 10. The van der Waals surface area contributed by atoms with Crippen molar-refractivity contribution in [3.05, 3.63) is 60.3 Å². The molecule has 42 heavy (non-hydrogen) atoms. The minimum Gasteiger partial charge on any atom is -0.477 e. The van der Waals surface area contributed by atoms with Crippen LogP contribution in [0.2, 0.25) is 0 Å². The van der Waals surface area contributed by atoms with E-state index < -0.39 is 33.1 Å². The number of sulfonamides is 1. The van der Waals surface area contributed by atoms with Gasteiger partial charge in [0.2, 0.25) is 5.88 Å². The van der Waals surface area contributed by atoms with E-state index >= 15 is 0 Å². The monoisotopic (exact) mass is 607 g/mol. The number of aliphatic hydroxyl groups is 1. The van der Waals surface area contributed by atoms with E-state index in [1.807, 2.05) is 18.7 Å². The summed E-state index contributed by atoms with van der Waals surface area (Å²) >= 11 is 0. The number of hydrogen-bond donors (Lipinski definition) is 2. The van der Waals surface area contributed by atoms with Crippen molar-refractivity contribution in [1.82, 2.24) is 19.5 Å². The van der Waals surface area contributed by atoms with Gasteiger partial charge >= 0.3 is 6.18 Å². The van der Waals surface area contributed by atoms with Crippen molar-refractivity contribution in [3.8, 4) is 11.7 Å². The number of benzene rings is 1. The van der Waals surface area contributed by atoms with E-state index in [-0.39, 0.29) is 66.4 Å². The van der Waals surface area contributed by atoms with Gasteiger partial charge in [0, 0.05) is 36.9 Å². The van der Waals surface area contributed by atoms with Gasteiger partial charge in [-0.15, -0.1) is 5.10 Å². The fourth-order valence-electron chi connectivity index (χ4n) is 5.36. The Bertz CT molecular complexity index is 1560. The van der Waals surface area contributed by atoms with E-state index in [1.165, 1.54) is 41.2 Å². The summed E-state index contributed by atoms with van der Waals surface area (Å²) in [6.45, 7) is 4.04. The first-order chi connectivity index (χ1) is 19.7. The third-order valence-electron chi connectivity index (χ3n) is 7.94. The summed E-state index contributed by atoms with van der Waals surface area (Å²) in [6.07, 6.45) is -2.09. The van der Waals surface area contributed by atoms with Crippen LogP contribution in [0.1, 0.15) is 49.9 Å². The molecule has 0 radical (unpaired) electrons. The van der Waals surface area contributed by atoms with E-state index in [2.05, 4.69) is 14.8 Å². The van der Waals surface area contributed by atoms with Crippen molar-refractivity contribution in [2.75, 3.05) is 24.7 Å². The molecular formula is C28H32F3N5O5S. The van der Waals surface area contributed by atoms with Gasteiger partial charge in [-0.1, -0.05) is 18.2 Å². The summed E-state index contributed by atoms with van der Waals surface area (Å²) in [6, 6.07) is 11.9. The zero-order valence-corrected chi connectivity index (χ0v) is 24.0. The molecular weight excluding hydrogens is 575 g/mol. The van der Waals surface area contributed by atoms with Crippen LogP contribution in [0.5, 0.6) is 5.88 Å². The number of nitrogens with zero attached hydrogens (tertiary/aromatic N) is 4. The van der Waals surface area contributed by atoms with E-state index in [9.17, 15) is 31.5 Å². The number of anilines is 1. The Morgan fingerprint density at radius 1 is 1.14 bits per heavy atom. The molecule has 1 saturated heterocycles. The minimum atomic E-state index is -4.26. The number of aromatic nitrogens is 3. The molecule has 1 saturated carbocycles. The summed E-state index contributed by atoms with van der Waals surface area (Å²) in [7, 11) is -4.17. The van der Waals surface area contributed by atoms with Gasteiger partial charge in [-0.3, -0.25) is 4.79 Å². The average molecular weight is 608 g/mol. The lowest BCUT2D eigenvalue weighted by atomic mass is 9.97. The molecule has 1 atom stereocenters. The first-order valence-corrected chi connectivity index (χ1v) is 15.0. The van der Waals surface area contributed by atoms with E-state index in [1.54, 1.807) is 18.2 Å². The van der Waals surface area contributed by atoms with Crippen molar-refractivity contribution in [2.24, 2.45) is 11.3 Å². The van der Waals surface area contributed by atoms with Crippen molar-refractivity contribution in [3.63, 3.8) is 0 Å². The van der Waals surface area contributed by atoms with Crippen LogP contribution in [-0.4, -0.2) is 65.7 Å². The number of ether oxygens (including phenoxy) is 1. The first-order valence-electron chi connectivity index (χ1n) is 13.5. The van der Waals surface area contributed by atoms with Crippen molar-refractivity contribution in [2.45, 2.75) is 56.1 Å². The Kier molecular flexibility index (Phi) is 7.73. The van der Waals surface area contributed by atoms with E-state index in [4.69, 9.17) is 4.74 Å². The maximum absolute atomic E-state index is 13.4. The number of alkyl halides is 3. The molecule has 2 aliphatic rings. The first kappa shape index (κ1) is 29.8. The summed E-state index contributed by atoms with van der Waals surface area (Å²) < 4.78 is 74.4. The second-order valence-corrected chi connectivity index (χ2v) is 13.1. The molecule has 5 rings (SSSR count). The second-order valence-electron chi connectivity index (χ2n) is 11.4. The quantitative estimate of drug-likeness (QED) is 0.353. The van der Waals surface area contributed by atoms with Crippen molar-refractivity contribution in [1.29, 1.82) is 0 Å². The van der Waals surface area contributed by atoms with Crippen LogP contribution in [0.25, 0.3) is 5.82 Å². The van der Waals surface area contributed by atoms with Gasteiger partial charge in [0.1, 0.15) is 5.82 Å². The summed E-state index contributed by atoms with van der Waals surface area (Å²) in [5.74, 6) is -0.369. The van der Waals surface area contributed by atoms with Crippen LogP contribution in [0, 0.1) is 11.3 Å². The molecule has 14 heteroatoms. The molecule has 1 aliphatic carbocycles. The lowest BCUT2D eigenvalue weighted by Gasteiger charge is -2.33. The van der Waals surface area contributed by atoms with Crippen LogP contribution in [0.3, 0.4) is 0 Å². The molecule has 1 unspecified atom stereocenters. The Labute approximate surface area is 241 Å². The Balaban J connectivity index is 1.41. The molecule has 0 bridgehead atoms. The summed E-state index contributed by atoms with van der Waals surface area (Å²) in [5, 5.41) is 14.1. The second kappa shape index (κ2) is 10.9. The lowest BCUT2D eigenvalue weighted by Crippen LogP contribution is -2.41. The van der Waals surface area contributed by atoms with Crippen LogP contribution < -0.4 is 14.4 Å². The highest BCUT2D eigenvalue weighted by Gasteiger charge is 2.62. The van der Waals surface area contributed by atoms with Gasteiger partial charge in [-0.05, 0) is 63.8 Å². The SMILES string of the molecule is CC1(C)CC(CO)CN1c1nc(-n2ccc(OCCC3(C(F)(F)F)CC3)n2)ccc1C(=O)NS(=O)(=O)c1ccccc1. The standard InChI is InChI=1S/C28H32F3N5O5S/c1-26(2)16-19(18-37)17-35(26)24-21(25(38)34-42(39,40)20-6-4-3-5-7-20)8-9-22(32-24)36-14-10-23(33-36)41-15-13-27(11-12-27)28(29,30)31/h3-10,14,19,37H,11-13,15-18H2,1-2H3,(H,34,38). The minimum absolute atomic E-state index is 0.00966. The number of hydrogen-bond acceptors (Lipinski definition) is 8. The number of carbonyl (C=O) groups excluding carboxylic acids is 1. The fraction of sp³-hybridized carbons (Fsp3) is 0.464. The highest BCUT2D eigenvalue weighted by atomic mass is 32.2. The van der Waals surface area contributed by atoms with Gasteiger partial charge < -0.3 is 14.7 Å².